The molecule has 1 saturated heterocycles. The summed E-state index contributed by atoms with van der Waals surface area (Å²) in [5, 5.41) is 9.72. The second kappa shape index (κ2) is 11.5. The Morgan fingerprint density at radius 1 is 0.939 bits per heavy atom. The van der Waals surface area contributed by atoms with Crippen LogP contribution in [-0.4, -0.2) is 88.0 Å². The molecule has 0 radical (unpaired) electrons. The SMILES string of the molecule is CC(=O)O[C@@H]1[C@H](OC(C)=O)[C@H](C)O[C@@H](N(C(=O)OC(C)(C)C)[C@@H](CS)C(=O)O)[C@H]1OC(C)=O. The number of amides is 1. The van der Waals surface area contributed by atoms with Gasteiger partial charge in [-0.15, -0.1) is 0 Å². The number of hydrogen-bond donors (Lipinski definition) is 2. The molecule has 0 aromatic carbocycles. The molecule has 0 saturated carbocycles. The summed E-state index contributed by atoms with van der Waals surface area (Å²) in [7, 11) is 0. The summed E-state index contributed by atoms with van der Waals surface area (Å²) < 4.78 is 27.0. The Hall–Kier alpha value is -2.54. The number of carbonyl (C=O) groups is 5. The number of nitrogens with zero attached hydrogens (tertiary/aromatic N) is 1. The maximum absolute atomic E-state index is 13.1. The third-order valence-electron chi connectivity index (χ3n) is 4.32. The number of esters is 3. The lowest BCUT2D eigenvalue weighted by molar-refractivity contribution is -0.269. The van der Waals surface area contributed by atoms with E-state index in [2.05, 4.69) is 12.6 Å². The monoisotopic (exact) mass is 493 g/mol. The first-order valence-electron chi connectivity index (χ1n) is 10.1. The average Bonchev–Trinajstić information content (AvgIpc) is 2.62. The Morgan fingerprint density at radius 3 is 1.79 bits per heavy atom. The van der Waals surface area contributed by atoms with Gasteiger partial charge in [-0.05, 0) is 27.7 Å². The van der Waals surface area contributed by atoms with Crippen LogP contribution in [-0.2, 0) is 42.9 Å². The molecule has 0 aromatic rings. The summed E-state index contributed by atoms with van der Waals surface area (Å²) in [4.78, 5) is 61.1. The van der Waals surface area contributed by atoms with Crippen molar-refractivity contribution in [3.8, 4) is 0 Å². The fourth-order valence-corrected chi connectivity index (χ4v) is 3.55. The van der Waals surface area contributed by atoms with Gasteiger partial charge in [0.05, 0.1) is 6.10 Å². The fourth-order valence-electron chi connectivity index (χ4n) is 3.22. The highest BCUT2D eigenvalue weighted by molar-refractivity contribution is 7.80. The van der Waals surface area contributed by atoms with Gasteiger partial charge in [0.25, 0.3) is 0 Å². The Morgan fingerprint density at radius 2 is 1.39 bits per heavy atom. The summed E-state index contributed by atoms with van der Waals surface area (Å²) in [6.07, 6.45) is -7.86. The van der Waals surface area contributed by atoms with E-state index in [-0.39, 0.29) is 5.75 Å². The lowest BCUT2D eigenvalue weighted by Crippen LogP contribution is -2.68. The molecule has 1 fully saturated rings. The van der Waals surface area contributed by atoms with Crippen molar-refractivity contribution in [3.05, 3.63) is 0 Å². The van der Waals surface area contributed by atoms with E-state index in [1.807, 2.05) is 0 Å². The maximum atomic E-state index is 13.1. The number of carboxylic acids is 1. The summed E-state index contributed by atoms with van der Waals surface area (Å²) in [5.41, 5.74) is -1.01. The Balaban J connectivity index is 3.64. The van der Waals surface area contributed by atoms with Crippen LogP contribution in [0.25, 0.3) is 0 Å². The summed E-state index contributed by atoms with van der Waals surface area (Å²) >= 11 is 4.03. The third-order valence-corrected chi connectivity index (χ3v) is 4.67. The van der Waals surface area contributed by atoms with Gasteiger partial charge in [0, 0.05) is 26.5 Å². The third kappa shape index (κ3) is 8.07. The molecule has 0 aromatic heterocycles. The molecule has 1 aliphatic rings. The van der Waals surface area contributed by atoms with Gasteiger partial charge in [0.1, 0.15) is 11.6 Å². The molecule has 1 rings (SSSR count). The van der Waals surface area contributed by atoms with E-state index in [1.54, 1.807) is 20.8 Å². The van der Waals surface area contributed by atoms with Crippen molar-refractivity contribution in [2.24, 2.45) is 0 Å². The van der Waals surface area contributed by atoms with Crippen molar-refractivity contribution in [1.29, 1.82) is 0 Å². The van der Waals surface area contributed by atoms with Gasteiger partial charge in [-0.1, -0.05) is 0 Å². The minimum absolute atomic E-state index is 0.346. The lowest BCUT2D eigenvalue weighted by Gasteiger charge is -2.48. The number of aliphatic carboxylic acids is 1. The molecular weight excluding hydrogens is 462 g/mol. The second-order valence-electron chi connectivity index (χ2n) is 8.38. The van der Waals surface area contributed by atoms with Crippen LogP contribution in [0.5, 0.6) is 0 Å². The summed E-state index contributed by atoms with van der Waals surface area (Å²) in [5.74, 6) is -4.14. The van der Waals surface area contributed by atoms with Crippen molar-refractivity contribution < 1.29 is 52.8 Å². The molecule has 188 valence electrons. The highest BCUT2D eigenvalue weighted by Gasteiger charge is 2.55. The predicted molar refractivity (Wildman–Crippen MR) is 114 cm³/mol. The van der Waals surface area contributed by atoms with Gasteiger partial charge in [-0.2, -0.15) is 12.6 Å². The van der Waals surface area contributed by atoms with Crippen molar-refractivity contribution in [3.63, 3.8) is 0 Å². The van der Waals surface area contributed by atoms with Crippen LogP contribution < -0.4 is 0 Å². The van der Waals surface area contributed by atoms with Gasteiger partial charge in [-0.3, -0.25) is 19.3 Å². The molecular formula is C20H31NO11S. The first-order chi connectivity index (χ1) is 15.1. The molecule has 1 aliphatic heterocycles. The van der Waals surface area contributed by atoms with Crippen molar-refractivity contribution in [2.45, 2.75) is 90.8 Å². The van der Waals surface area contributed by atoms with Gasteiger partial charge in [0.2, 0.25) is 0 Å². The number of carbonyl (C=O) groups excluding carboxylic acids is 4. The van der Waals surface area contributed by atoms with Crippen LogP contribution in [0, 0.1) is 0 Å². The zero-order valence-electron chi connectivity index (χ0n) is 19.6. The minimum atomic E-state index is -1.58. The number of carboxylic acid groups (broad SMARTS) is 1. The molecule has 1 heterocycles. The molecule has 13 heteroatoms. The molecule has 6 atom stereocenters. The summed E-state index contributed by atoms with van der Waals surface area (Å²) in [6.45, 7) is 9.46. The zero-order chi connectivity index (χ0) is 25.7. The van der Waals surface area contributed by atoms with Crippen LogP contribution in [0.4, 0.5) is 4.79 Å². The number of rotatable bonds is 7. The highest BCUT2D eigenvalue weighted by Crippen LogP contribution is 2.32. The first-order valence-corrected chi connectivity index (χ1v) is 10.7. The van der Waals surface area contributed by atoms with E-state index in [1.165, 1.54) is 6.92 Å². The Kier molecular flexibility index (Phi) is 9.97. The van der Waals surface area contributed by atoms with Gasteiger partial charge < -0.3 is 28.8 Å². The van der Waals surface area contributed by atoms with Crippen LogP contribution in [0.3, 0.4) is 0 Å². The van der Waals surface area contributed by atoms with Gasteiger partial charge in [-0.25, -0.2) is 9.59 Å². The molecule has 0 unspecified atom stereocenters. The Labute approximate surface area is 197 Å². The molecule has 1 N–H and O–H groups in total. The van der Waals surface area contributed by atoms with Crippen LogP contribution >= 0.6 is 12.6 Å². The average molecular weight is 494 g/mol. The smallest absolute Gasteiger partial charge is 0.413 e. The van der Waals surface area contributed by atoms with Gasteiger partial charge in [0.15, 0.2) is 24.5 Å². The quantitative estimate of drug-likeness (QED) is 0.298. The molecule has 33 heavy (non-hydrogen) atoms. The lowest BCUT2D eigenvalue weighted by atomic mass is 9.96. The van der Waals surface area contributed by atoms with Crippen LogP contribution in [0.15, 0.2) is 0 Å². The first kappa shape index (κ1) is 28.5. The molecule has 0 spiro atoms. The minimum Gasteiger partial charge on any atom is -0.480 e. The van der Waals surface area contributed by atoms with E-state index in [0.717, 1.165) is 25.7 Å². The maximum Gasteiger partial charge on any atom is 0.413 e. The van der Waals surface area contributed by atoms with E-state index < -0.39 is 72.3 Å². The van der Waals surface area contributed by atoms with Crippen molar-refractivity contribution in [1.82, 2.24) is 4.90 Å². The number of ether oxygens (including phenoxy) is 5. The van der Waals surface area contributed by atoms with Crippen LogP contribution in [0.1, 0.15) is 48.5 Å². The molecule has 1 amide bonds. The topological polar surface area (TPSA) is 155 Å². The van der Waals surface area contributed by atoms with Crippen molar-refractivity contribution in [2.75, 3.05) is 5.75 Å². The van der Waals surface area contributed by atoms with Crippen LogP contribution in [0.2, 0.25) is 0 Å². The predicted octanol–water partition coefficient (Wildman–Crippen LogP) is 1.15. The molecule has 12 nitrogen and oxygen atoms in total. The van der Waals surface area contributed by atoms with E-state index >= 15 is 0 Å². The van der Waals surface area contributed by atoms with Crippen molar-refractivity contribution >= 4 is 42.6 Å². The van der Waals surface area contributed by atoms with E-state index in [9.17, 15) is 29.1 Å². The largest absolute Gasteiger partial charge is 0.480 e. The number of hydrogen-bond acceptors (Lipinski definition) is 11. The summed E-state index contributed by atoms with van der Waals surface area (Å²) in [6, 6.07) is -1.57. The van der Waals surface area contributed by atoms with E-state index in [4.69, 9.17) is 23.7 Å². The second-order valence-corrected chi connectivity index (χ2v) is 8.74. The highest BCUT2D eigenvalue weighted by atomic mass is 32.1. The zero-order valence-corrected chi connectivity index (χ0v) is 20.5. The molecule has 0 bridgehead atoms. The van der Waals surface area contributed by atoms with Gasteiger partial charge >= 0.3 is 30.0 Å². The van der Waals surface area contributed by atoms with E-state index in [0.29, 0.717) is 0 Å². The normalized spacial score (nSPS) is 25.9. The fraction of sp³-hybridized carbons (Fsp3) is 0.750. The molecule has 0 aliphatic carbocycles. The standard InChI is InChI=1S/C20H31NO11S/c1-9-14(29-10(2)22)15(30-11(3)23)16(31-12(4)24)17(28-9)21(13(8-33)18(25)26)19(27)32-20(5,6)7/h9,13-17,33H,8H2,1-7H3,(H,25,26)/t9-,13-,14+,15+,16-,17+/m0/s1. The number of thiol groups is 1. The Bertz CT molecular complexity index is 766.